The van der Waals surface area contributed by atoms with Crippen molar-refractivity contribution in [1.82, 2.24) is 0 Å². The van der Waals surface area contributed by atoms with Crippen LogP contribution in [-0.4, -0.2) is 19.2 Å². The van der Waals surface area contributed by atoms with Crippen LogP contribution >= 0.6 is 11.6 Å². The van der Waals surface area contributed by atoms with Gasteiger partial charge in [0, 0.05) is 29.7 Å². The number of ketones is 1. The first-order chi connectivity index (χ1) is 9.61. The van der Waals surface area contributed by atoms with Gasteiger partial charge in [0.25, 0.3) is 0 Å². The second-order valence-corrected chi connectivity index (χ2v) is 4.86. The molecular weight excluding hydrogens is 274 g/mol. The number of amides is 1. The molecule has 0 N–H and O–H groups in total. The van der Waals surface area contributed by atoms with Gasteiger partial charge in [0.15, 0.2) is 5.78 Å². The van der Waals surface area contributed by atoms with Crippen molar-refractivity contribution in [1.29, 1.82) is 0 Å². The molecule has 0 saturated heterocycles. The first-order valence-electron chi connectivity index (χ1n) is 6.16. The number of hydrogen-bond acceptors (Lipinski definition) is 2. The number of carbonyl (C=O) groups is 2. The number of anilines is 1. The quantitative estimate of drug-likeness (QED) is 0.625. The lowest BCUT2D eigenvalue weighted by Crippen LogP contribution is -2.13. The Morgan fingerprint density at radius 3 is 2.40 bits per heavy atom. The molecule has 0 unspecified atom stereocenters. The highest BCUT2D eigenvalue weighted by Gasteiger charge is 2.09. The number of benzene rings is 2. The highest BCUT2D eigenvalue weighted by atomic mass is 35.5. The fraction of sp³-hybridized carbons (Fsp3) is 0.125. The van der Waals surface area contributed by atoms with Gasteiger partial charge in [0.2, 0.25) is 6.41 Å². The summed E-state index contributed by atoms with van der Waals surface area (Å²) < 4.78 is 0. The second kappa shape index (κ2) is 6.35. The van der Waals surface area contributed by atoms with Crippen LogP contribution in [0.1, 0.15) is 15.9 Å². The lowest BCUT2D eigenvalue weighted by Gasteiger charge is -2.11. The summed E-state index contributed by atoms with van der Waals surface area (Å²) >= 11 is 6.04. The zero-order chi connectivity index (χ0) is 14.5. The monoisotopic (exact) mass is 287 g/mol. The Kier molecular flexibility index (Phi) is 4.53. The molecule has 0 heterocycles. The number of carbonyl (C=O) groups excluding carboxylic acids is 2. The molecule has 0 aliphatic heterocycles. The summed E-state index contributed by atoms with van der Waals surface area (Å²) in [6.45, 7) is 0. The highest BCUT2D eigenvalue weighted by Crippen LogP contribution is 2.18. The zero-order valence-electron chi connectivity index (χ0n) is 11.0. The molecule has 2 aromatic rings. The molecule has 0 radical (unpaired) electrons. The van der Waals surface area contributed by atoms with Crippen molar-refractivity contribution in [2.24, 2.45) is 0 Å². The maximum atomic E-state index is 12.2. The van der Waals surface area contributed by atoms with E-state index in [0.29, 0.717) is 10.6 Å². The van der Waals surface area contributed by atoms with Gasteiger partial charge in [0.05, 0.1) is 0 Å². The van der Waals surface area contributed by atoms with E-state index in [1.807, 2.05) is 18.2 Å². The summed E-state index contributed by atoms with van der Waals surface area (Å²) in [4.78, 5) is 24.3. The van der Waals surface area contributed by atoms with E-state index < -0.39 is 0 Å². The molecule has 20 heavy (non-hydrogen) atoms. The number of Topliss-reactive ketones (excluding diaryl/α,β-unsaturated/α-hetero) is 1. The molecule has 2 aromatic carbocycles. The van der Waals surface area contributed by atoms with Crippen molar-refractivity contribution in [2.75, 3.05) is 11.9 Å². The Morgan fingerprint density at radius 1 is 1.15 bits per heavy atom. The van der Waals surface area contributed by atoms with Crippen LogP contribution in [0.3, 0.4) is 0 Å². The van der Waals surface area contributed by atoms with Crippen molar-refractivity contribution in [3.05, 3.63) is 64.7 Å². The van der Waals surface area contributed by atoms with E-state index >= 15 is 0 Å². The number of hydrogen-bond donors (Lipinski definition) is 0. The average Bonchev–Trinajstić information content (AvgIpc) is 2.49. The third-order valence-electron chi connectivity index (χ3n) is 3.06. The molecule has 1 amide bonds. The van der Waals surface area contributed by atoms with Crippen molar-refractivity contribution < 1.29 is 9.59 Å². The van der Waals surface area contributed by atoms with Gasteiger partial charge in [-0.3, -0.25) is 9.59 Å². The summed E-state index contributed by atoms with van der Waals surface area (Å²) in [5, 5.41) is 0.596. The minimum atomic E-state index is -0.00148. The molecule has 0 aliphatic carbocycles. The van der Waals surface area contributed by atoms with Crippen molar-refractivity contribution in [2.45, 2.75) is 6.42 Å². The fourth-order valence-corrected chi connectivity index (χ4v) is 2.06. The molecule has 0 aliphatic rings. The topological polar surface area (TPSA) is 37.4 Å². The lowest BCUT2D eigenvalue weighted by atomic mass is 10.0. The van der Waals surface area contributed by atoms with Gasteiger partial charge in [-0.15, -0.1) is 0 Å². The molecule has 0 atom stereocenters. The Labute approximate surface area is 122 Å². The van der Waals surface area contributed by atoms with Gasteiger partial charge in [-0.2, -0.15) is 0 Å². The normalized spacial score (nSPS) is 10.1. The van der Waals surface area contributed by atoms with Crippen LogP contribution in [0.25, 0.3) is 0 Å². The molecule has 0 aromatic heterocycles. The molecule has 3 nitrogen and oxygen atoms in total. The number of rotatable bonds is 5. The van der Waals surface area contributed by atoms with E-state index in [0.717, 1.165) is 17.7 Å². The van der Waals surface area contributed by atoms with E-state index in [1.54, 1.807) is 37.4 Å². The predicted octanol–water partition coefficient (Wildman–Crippen LogP) is 3.36. The molecule has 102 valence electrons. The van der Waals surface area contributed by atoms with Gasteiger partial charge in [-0.05, 0) is 35.9 Å². The SMILES string of the molecule is CN(C=O)c1ccc(C(=O)Cc2ccccc2Cl)cc1. The molecular formula is C16H14ClNO2. The second-order valence-electron chi connectivity index (χ2n) is 4.45. The Balaban J connectivity index is 2.14. The molecule has 0 spiro atoms. The van der Waals surface area contributed by atoms with Crippen LogP contribution in [0.15, 0.2) is 48.5 Å². The maximum Gasteiger partial charge on any atom is 0.213 e. The molecule has 0 fully saturated rings. The summed E-state index contributed by atoms with van der Waals surface area (Å²) in [5.74, 6) is -0.00148. The van der Waals surface area contributed by atoms with Gasteiger partial charge < -0.3 is 4.90 Å². The van der Waals surface area contributed by atoms with Crippen molar-refractivity contribution in [3.63, 3.8) is 0 Å². The van der Waals surface area contributed by atoms with Crippen LogP contribution in [0, 0.1) is 0 Å². The van der Waals surface area contributed by atoms with Crippen LogP contribution in [0.4, 0.5) is 5.69 Å². The lowest BCUT2D eigenvalue weighted by molar-refractivity contribution is -0.107. The number of nitrogens with zero attached hydrogens (tertiary/aromatic N) is 1. The smallest absolute Gasteiger partial charge is 0.213 e. The Bertz CT molecular complexity index is 623. The molecule has 0 saturated carbocycles. The average molecular weight is 288 g/mol. The largest absolute Gasteiger partial charge is 0.318 e. The predicted molar refractivity (Wildman–Crippen MR) is 80.4 cm³/mol. The van der Waals surface area contributed by atoms with Gasteiger partial charge in [0.1, 0.15) is 0 Å². The van der Waals surface area contributed by atoms with E-state index in [9.17, 15) is 9.59 Å². The summed E-state index contributed by atoms with van der Waals surface area (Å²) in [7, 11) is 1.66. The summed E-state index contributed by atoms with van der Waals surface area (Å²) in [5.41, 5.74) is 2.16. The van der Waals surface area contributed by atoms with E-state index in [4.69, 9.17) is 11.6 Å². The minimum Gasteiger partial charge on any atom is -0.318 e. The summed E-state index contributed by atoms with van der Waals surface area (Å²) in [6.07, 6.45) is 0.989. The van der Waals surface area contributed by atoms with Gasteiger partial charge in [-0.25, -0.2) is 0 Å². The van der Waals surface area contributed by atoms with Crippen LogP contribution < -0.4 is 4.90 Å². The highest BCUT2D eigenvalue weighted by molar-refractivity contribution is 6.31. The maximum absolute atomic E-state index is 12.2. The van der Waals surface area contributed by atoms with Gasteiger partial charge in [-0.1, -0.05) is 29.8 Å². The van der Waals surface area contributed by atoms with Crippen molar-refractivity contribution >= 4 is 29.5 Å². The summed E-state index contributed by atoms with van der Waals surface area (Å²) in [6, 6.07) is 14.2. The van der Waals surface area contributed by atoms with E-state index in [2.05, 4.69) is 0 Å². The molecule has 0 bridgehead atoms. The number of halogens is 1. The Hall–Kier alpha value is -2.13. The molecule has 2 rings (SSSR count). The first kappa shape index (κ1) is 14.3. The zero-order valence-corrected chi connectivity index (χ0v) is 11.8. The van der Waals surface area contributed by atoms with Crippen LogP contribution in [-0.2, 0) is 11.2 Å². The van der Waals surface area contributed by atoms with E-state index in [1.165, 1.54) is 4.90 Å². The van der Waals surface area contributed by atoms with Gasteiger partial charge >= 0.3 is 0 Å². The third-order valence-corrected chi connectivity index (χ3v) is 3.43. The molecule has 4 heteroatoms. The minimum absolute atomic E-state index is 0.00148. The van der Waals surface area contributed by atoms with Crippen LogP contribution in [0.5, 0.6) is 0 Å². The first-order valence-corrected chi connectivity index (χ1v) is 6.54. The Morgan fingerprint density at radius 2 is 1.80 bits per heavy atom. The third kappa shape index (κ3) is 3.25. The van der Waals surface area contributed by atoms with Crippen LogP contribution in [0.2, 0.25) is 5.02 Å². The standard InChI is InChI=1S/C16H14ClNO2/c1-18(11-19)14-8-6-12(7-9-14)16(20)10-13-4-2-3-5-15(13)17/h2-9,11H,10H2,1H3. The van der Waals surface area contributed by atoms with E-state index in [-0.39, 0.29) is 12.2 Å². The van der Waals surface area contributed by atoms with Crippen molar-refractivity contribution in [3.8, 4) is 0 Å². The fourth-order valence-electron chi connectivity index (χ4n) is 1.86.